The van der Waals surface area contributed by atoms with Crippen LogP contribution in [-0.2, 0) is 17.8 Å². The molecule has 0 aliphatic carbocycles. The van der Waals surface area contributed by atoms with E-state index in [1.165, 1.54) is 12.5 Å². The Kier molecular flexibility index (Phi) is 8.28. The zero-order valence-electron chi connectivity index (χ0n) is 13.9. The third-order valence-electron chi connectivity index (χ3n) is 3.95. The number of hydrogen-bond donors (Lipinski definition) is 2. The number of aryl methyl sites for hydroxylation is 1. The van der Waals surface area contributed by atoms with Crippen LogP contribution in [-0.4, -0.2) is 34.3 Å². The monoisotopic (exact) mass is 389 g/mol. The van der Waals surface area contributed by atoms with Gasteiger partial charge in [-0.05, 0) is 38.1 Å². The lowest BCUT2D eigenvalue weighted by Gasteiger charge is -2.10. The van der Waals surface area contributed by atoms with E-state index in [-0.39, 0.29) is 43.0 Å². The van der Waals surface area contributed by atoms with Crippen molar-refractivity contribution < 1.29 is 9.18 Å². The lowest BCUT2D eigenvalue weighted by Crippen LogP contribution is -2.25. The average molecular weight is 390 g/mol. The van der Waals surface area contributed by atoms with Crippen molar-refractivity contribution >= 4 is 36.4 Å². The molecule has 1 aromatic carbocycles. The molecule has 0 spiro atoms. The molecule has 9 heteroatoms. The Morgan fingerprint density at radius 2 is 2.04 bits per heavy atom. The molecule has 1 amide bonds. The number of likely N-dealkylation sites (N-methyl/N-ethyl adjacent to an activating group) is 1. The zero-order chi connectivity index (χ0) is 16.2. The molecule has 0 atom stereocenters. The van der Waals surface area contributed by atoms with Crippen LogP contribution in [0.2, 0.25) is 0 Å². The van der Waals surface area contributed by atoms with Gasteiger partial charge in [-0.25, -0.2) is 4.39 Å². The Morgan fingerprint density at radius 3 is 2.80 bits per heavy atom. The van der Waals surface area contributed by atoms with Crippen LogP contribution in [0.25, 0.3) is 11.4 Å². The molecule has 2 aromatic rings. The van der Waals surface area contributed by atoms with Crippen LogP contribution in [0.15, 0.2) is 18.2 Å². The summed E-state index contributed by atoms with van der Waals surface area (Å²) in [6.07, 6.45) is 4.30. The normalized spacial score (nSPS) is 13.0. The maximum atomic E-state index is 13.9. The number of benzene rings is 1. The van der Waals surface area contributed by atoms with E-state index < -0.39 is 5.82 Å². The molecule has 3 rings (SSSR count). The summed E-state index contributed by atoms with van der Waals surface area (Å²) < 4.78 is 16.0. The first kappa shape index (κ1) is 21.3. The third-order valence-corrected chi connectivity index (χ3v) is 3.95. The SMILES string of the molecule is CNCC(=O)Nc1cc(-c2nnc3n2CCCCC3)ccc1F.Cl.Cl. The number of hydrogen-bond acceptors (Lipinski definition) is 4. The van der Waals surface area contributed by atoms with E-state index in [0.717, 1.165) is 43.0 Å². The topological polar surface area (TPSA) is 71.8 Å². The predicted octanol–water partition coefficient (Wildman–Crippen LogP) is 2.81. The van der Waals surface area contributed by atoms with Gasteiger partial charge in [0.15, 0.2) is 5.82 Å². The number of nitrogens with one attached hydrogen (secondary N) is 2. The van der Waals surface area contributed by atoms with Gasteiger partial charge in [0.25, 0.3) is 0 Å². The van der Waals surface area contributed by atoms with Gasteiger partial charge in [-0.15, -0.1) is 35.0 Å². The highest BCUT2D eigenvalue weighted by atomic mass is 35.5. The molecule has 0 bridgehead atoms. The van der Waals surface area contributed by atoms with Crippen molar-refractivity contribution in [1.29, 1.82) is 0 Å². The summed E-state index contributed by atoms with van der Waals surface area (Å²) in [6, 6.07) is 4.64. The van der Waals surface area contributed by atoms with Crippen molar-refractivity contribution in [2.24, 2.45) is 0 Å². The van der Waals surface area contributed by atoms with Crippen molar-refractivity contribution in [1.82, 2.24) is 20.1 Å². The molecule has 0 fully saturated rings. The van der Waals surface area contributed by atoms with Crippen molar-refractivity contribution in [3.8, 4) is 11.4 Å². The molecule has 25 heavy (non-hydrogen) atoms. The van der Waals surface area contributed by atoms with Crippen LogP contribution < -0.4 is 10.6 Å². The molecule has 0 radical (unpaired) electrons. The Balaban J connectivity index is 0.00000156. The van der Waals surface area contributed by atoms with Crippen LogP contribution in [0.5, 0.6) is 0 Å². The summed E-state index contributed by atoms with van der Waals surface area (Å²) >= 11 is 0. The van der Waals surface area contributed by atoms with E-state index >= 15 is 0 Å². The minimum Gasteiger partial charge on any atom is -0.322 e. The van der Waals surface area contributed by atoms with Gasteiger partial charge in [-0.3, -0.25) is 4.79 Å². The Morgan fingerprint density at radius 1 is 1.24 bits per heavy atom. The maximum Gasteiger partial charge on any atom is 0.238 e. The second-order valence-corrected chi connectivity index (χ2v) is 5.68. The molecule has 0 saturated carbocycles. The number of halogens is 3. The van der Waals surface area contributed by atoms with Crippen LogP contribution in [0.3, 0.4) is 0 Å². The largest absolute Gasteiger partial charge is 0.322 e. The molecular weight excluding hydrogens is 368 g/mol. The van der Waals surface area contributed by atoms with Gasteiger partial charge >= 0.3 is 0 Å². The van der Waals surface area contributed by atoms with Crippen molar-refractivity contribution in [3.05, 3.63) is 29.8 Å². The molecule has 1 aliphatic heterocycles. The summed E-state index contributed by atoms with van der Waals surface area (Å²) in [5.41, 5.74) is 0.917. The summed E-state index contributed by atoms with van der Waals surface area (Å²) in [5, 5.41) is 13.8. The van der Waals surface area contributed by atoms with E-state index in [0.29, 0.717) is 0 Å². The van der Waals surface area contributed by atoms with Crippen LogP contribution in [0.1, 0.15) is 25.1 Å². The van der Waals surface area contributed by atoms with Crippen LogP contribution in [0.4, 0.5) is 10.1 Å². The molecule has 6 nitrogen and oxygen atoms in total. The van der Waals surface area contributed by atoms with Crippen molar-refractivity contribution in [3.63, 3.8) is 0 Å². The second kappa shape index (κ2) is 9.70. The van der Waals surface area contributed by atoms with Gasteiger partial charge in [-0.1, -0.05) is 6.42 Å². The predicted molar refractivity (Wildman–Crippen MR) is 100 cm³/mol. The first-order chi connectivity index (χ1) is 11.2. The van der Waals surface area contributed by atoms with Crippen LogP contribution in [0, 0.1) is 5.82 Å². The van der Waals surface area contributed by atoms with E-state index in [4.69, 9.17) is 0 Å². The molecule has 0 saturated heterocycles. The first-order valence-corrected chi connectivity index (χ1v) is 7.85. The fourth-order valence-corrected chi connectivity index (χ4v) is 2.81. The number of carbonyl (C=O) groups is 1. The first-order valence-electron chi connectivity index (χ1n) is 7.85. The number of aromatic nitrogens is 3. The fraction of sp³-hybridized carbons (Fsp3) is 0.438. The molecule has 138 valence electrons. The van der Waals surface area contributed by atoms with E-state index in [1.54, 1.807) is 19.2 Å². The maximum absolute atomic E-state index is 13.9. The highest BCUT2D eigenvalue weighted by molar-refractivity contribution is 5.93. The third kappa shape index (κ3) is 4.90. The molecule has 1 aromatic heterocycles. The Bertz CT molecular complexity index is 723. The quantitative estimate of drug-likeness (QED) is 0.842. The highest BCUT2D eigenvalue weighted by Gasteiger charge is 2.17. The van der Waals surface area contributed by atoms with Crippen molar-refractivity contribution in [2.45, 2.75) is 32.2 Å². The standard InChI is InChI=1S/C16H20FN5O.2ClH/c1-18-10-15(23)19-13-9-11(6-7-12(13)17)16-21-20-14-5-3-2-4-8-22(14)16;;/h6-7,9,18H,2-5,8,10H2,1H3,(H,19,23);2*1H. The summed E-state index contributed by atoms with van der Waals surface area (Å²) in [6.45, 7) is 1.00. The lowest BCUT2D eigenvalue weighted by molar-refractivity contribution is -0.115. The summed E-state index contributed by atoms with van der Waals surface area (Å²) in [7, 11) is 1.66. The average Bonchev–Trinajstić information content (AvgIpc) is 2.78. The Hall–Kier alpha value is -1.70. The second-order valence-electron chi connectivity index (χ2n) is 5.68. The summed E-state index contributed by atoms with van der Waals surface area (Å²) in [5.74, 6) is 0.950. The Labute approximate surface area is 158 Å². The fourth-order valence-electron chi connectivity index (χ4n) is 2.81. The number of carbonyl (C=O) groups excluding carboxylic acids is 1. The number of rotatable bonds is 4. The number of fused-ring (bicyclic) bond motifs is 1. The van der Waals surface area contributed by atoms with E-state index in [1.807, 2.05) is 0 Å². The molecular formula is C16H22Cl2FN5O. The molecule has 2 N–H and O–H groups in total. The minimum absolute atomic E-state index is 0. The van der Waals surface area contributed by atoms with Gasteiger partial charge in [0.05, 0.1) is 12.2 Å². The van der Waals surface area contributed by atoms with Crippen molar-refractivity contribution in [2.75, 3.05) is 18.9 Å². The van der Waals surface area contributed by atoms with E-state index in [2.05, 4.69) is 25.4 Å². The van der Waals surface area contributed by atoms with Gasteiger partial charge in [0, 0.05) is 18.5 Å². The number of amides is 1. The van der Waals surface area contributed by atoms with Gasteiger partial charge in [-0.2, -0.15) is 0 Å². The highest BCUT2D eigenvalue weighted by Crippen LogP contribution is 2.26. The summed E-state index contributed by atoms with van der Waals surface area (Å²) in [4.78, 5) is 11.7. The minimum atomic E-state index is -0.464. The zero-order valence-corrected chi connectivity index (χ0v) is 15.6. The van der Waals surface area contributed by atoms with Gasteiger partial charge < -0.3 is 15.2 Å². The van der Waals surface area contributed by atoms with Gasteiger partial charge in [0.1, 0.15) is 11.6 Å². The smallest absolute Gasteiger partial charge is 0.238 e. The van der Waals surface area contributed by atoms with Gasteiger partial charge in [0.2, 0.25) is 5.91 Å². The molecule has 2 heterocycles. The van der Waals surface area contributed by atoms with E-state index in [9.17, 15) is 9.18 Å². The number of nitrogens with zero attached hydrogens (tertiary/aromatic N) is 3. The molecule has 1 aliphatic rings. The molecule has 0 unspecified atom stereocenters. The van der Waals surface area contributed by atoms with Crippen LogP contribution >= 0.6 is 24.8 Å². The number of anilines is 1. The lowest BCUT2D eigenvalue weighted by atomic mass is 10.1.